The fraction of sp³-hybridized carbons (Fsp3) is 0.235. The number of aromatic nitrogens is 4. The molecule has 1 amide bonds. The van der Waals surface area contributed by atoms with Crippen LogP contribution < -0.4 is 5.32 Å². The van der Waals surface area contributed by atoms with E-state index in [2.05, 4.69) is 20.4 Å². The van der Waals surface area contributed by atoms with Gasteiger partial charge in [-0.25, -0.2) is 18.7 Å². The lowest BCUT2D eigenvalue weighted by molar-refractivity contribution is -0.123. The molecule has 0 saturated heterocycles. The molecule has 0 fully saturated rings. The fourth-order valence-electron chi connectivity index (χ4n) is 2.30. The summed E-state index contributed by atoms with van der Waals surface area (Å²) in [5.74, 6) is -1.72. The third-order valence-electron chi connectivity index (χ3n) is 3.57. The third-order valence-corrected chi connectivity index (χ3v) is 3.57. The van der Waals surface area contributed by atoms with E-state index in [1.54, 1.807) is 6.07 Å². The Morgan fingerprint density at radius 2 is 1.88 bits per heavy atom. The van der Waals surface area contributed by atoms with Crippen molar-refractivity contribution >= 4 is 23.3 Å². The summed E-state index contributed by atoms with van der Waals surface area (Å²) in [5.41, 5.74) is 1.90. The van der Waals surface area contributed by atoms with Crippen LogP contribution in [0, 0.1) is 19.7 Å². The van der Waals surface area contributed by atoms with Crippen molar-refractivity contribution in [3.05, 3.63) is 53.4 Å². The van der Waals surface area contributed by atoms with Crippen molar-refractivity contribution in [2.24, 2.45) is 0 Å². The summed E-state index contributed by atoms with van der Waals surface area (Å²) < 4.78 is 19.4. The molecule has 0 aliphatic carbocycles. The van der Waals surface area contributed by atoms with Gasteiger partial charge in [-0.3, -0.25) is 4.79 Å². The zero-order valence-electron chi connectivity index (χ0n) is 14.4. The van der Waals surface area contributed by atoms with Gasteiger partial charge in [0.25, 0.3) is 17.5 Å². The summed E-state index contributed by atoms with van der Waals surface area (Å²) in [6.45, 7) is 5.03. The topological polar surface area (TPSA) is 98.5 Å². The number of hydrogen-bond donors (Lipinski definition) is 1. The van der Waals surface area contributed by atoms with Gasteiger partial charge in [-0.2, -0.15) is 4.98 Å². The van der Waals surface area contributed by atoms with Crippen LogP contribution >= 0.6 is 0 Å². The van der Waals surface area contributed by atoms with E-state index in [1.165, 1.54) is 35.7 Å². The van der Waals surface area contributed by atoms with Gasteiger partial charge in [0, 0.05) is 17.1 Å². The molecule has 9 heteroatoms. The Bertz CT molecular complexity index is 984. The number of fused-ring (bicyclic) bond motifs is 1. The van der Waals surface area contributed by atoms with Crippen LogP contribution in [0.3, 0.4) is 0 Å². The lowest BCUT2D eigenvalue weighted by Crippen LogP contribution is -2.30. The summed E-state index contributed by atoms with van der Waals surface area (Å²) in [7, 11) is 0. The highest BCUT2D eigenvalue weighted by Gasteiger charge is 2.23. The molecule has 0 aliphatic rings. The van der Waals surface area contributed by atoms with Crippen LogP contribution in [0.1, 0.15) is 28.9 Å². The Balaban J connectivity index is 1.69. The molecule has 1 aromatic carbocycles. The highest BCUT2D eigenvalue weighted by atomic mass is 19.1. The van der Waals surface area contributed by atoms with Crippen molar-refractivity contribution in [3.8, 4) is 0 Å². The monoisotopic (exact) mass is 357 g/mol. The first-order valence-corrected chi connectivity index (χ1v) is 7.82. The average molecular weight is 357 g/mol. The first-order valence-electron chi connectivity index (χ1n) is 7.82. The molecule has 1 N–H and O–H groups in total. The summed E-state index contributed by atoms with van der Waals surface area (Å²) in [6.07, 6.45) is -1.09. The quantitative estimate of drug-likeness (QED) is 0.718. The number of carbonyl (C=O) groups is 2. The minimum Gasteiger partial charge on any atom is -0.447 e. The number of anilines is 1. The Morgan fingerprint density at radius 1 is 1.19 bits per heavy atom. The van der Waals surface area contributed by atoms with E-state index >= 15 is 0 Å². The van der Waals surface area contributed by atoms with Gasteiger partial charge >= 0.3 is 5.97 Å². The van der Waals surface area contributed by atoms with E-state index in [0.29, 0.717) is 5.69 Å². The summed E-state index contributed by atoms with van der Waals surface area (Å²) in [4.78, 5) is 32.5. The number of carbonyl (C=O) groups excluding carboxylic acids is 2. The van der Waals surface area contributed by atoms with Crippen LogP contribution in [-0.4, -0.2) is 37.6 Å². The average Bonchev–Trinajstić information content (AvgIpc) is 3.01. The van der Waals surface area contributed by atoms with E-state index in [1.807, 2.05) is 13.8 Å². The van der Waals surface area contributed by atoms with Gasteiger partial charge in [0.05, 0.1) is 0 Å². The number of esters is 1. The Morgan fingerprint density at radius 3 is 2.58 bits per heavy atom. The highest BCUT2D eigenvalue weighted by molar-refractivity contribution is 5.96. The van der Waals surface area contributed by atoms with Crippen molar-refractivity contribution in [1.82, 2.24) is 19.6 Å². The van der Waals surface area contributed by atoms with E-state index in [-0.39, 0.29) is 11.6 Å². The Hall–Kier alpha value is -3.36. The second-order valence-electron chi connectivity index (χ2n) is 5.73. The van der Waals surface area contributed by atoms with Crippen molar-refractivity contribution in [2.75, 3.05) is 5.32 Å². The molecule has 3 rings (SSSR count). The zero-order valence-corrected chi connectivity index (χ0v) is 14.4. The number of ether oxygens (including phenoxy) is 1. The number of rotatable bonds is 4. The number of benzene rings is 1. The molecule has 26 heavy (non-hydrogen) atoms. The predicted octanol–water partition coefficient (Wildman–Crippen LogP) is 2.06. The van der Waals surface area contributed by atoms with Crippen LogP contribution in [0.25, 0.3) is 5.78 Å². The van der Waals surface area contributed by atoms with Crippen molar-refractivity contribution in [1.29, 1.82) is 0 Å². The number of hydrogen-bond acceptors (Lipinski definition) is 6. The molecular formula is C17H16FN5O3. The molecule has 0 aliphatic heterocycles. The van der Waals surface area contributed by atoms with E-state index in [0.717, 1.165) is 11.4 Å². The molecule has 1 atom stereocenters. The first-order chi connectivity index (χ1) is 12.3. The predicted molar refractivity (Wildman–Crippen MR) is 90.2 cm³/mol. The Labute approximate surface area is 148 Å². The highest BCUT2D eigenvalue weighted by Crippen LogP contribution is 2.11. The van der Waals surface area contributed by atoms with Gasteiger partial charge in [-0.15, -0.1) is 5.10 Å². The molecule has 0 saturated carbocycles. The van der Waals surface area contributed by atoms with Crippen LogP contribution in [0.15, 0.2) is 30.3 Å². The number of halogens is 1. The van der Waals surface area contributed by atoms with E-state index in [9.17, 15) is 14.0 Å². The third kappa shape index (κ3) is 3.66. The van der Waals surface area contributed by atoms with Gasteiger partial charge in [0.15, 0.2) is 6.10 Å². The lowest BCUT2D eigenvalue weighted by Gasteiger charge is -2.12. The molecular weight excluding hydrogens is 341 g/mol. The first kappa shape index (κ1) is 17.5. The van der Waals surface area contributed by atoms with Gasteiger partial charge in [-0.1, -0.05) is 0 Å². The van der Waals surface area contributed by atoms with Gasteiger partial charge < -0.3 is 10.1 Å². The number of nitrogens with zero attached hydrogens (tertiary/aromatic N) is 4. The zero-order chi connectivity index (χ0) is 18.8. The molecule has 0 spiro atoms. The van der Waals surface area contributed by atoms with Gasteiger partial charge in [0.1, 0.15) is 5.82 Å². The number of nitrogens with one attached hydrogen (secondary N) is 1. The van der Waals surface area contributed by atoms with Crippen LogP contribution in [0.4, 0.5) is 10.1 Å². The minimum atomic E-state index is -1.09. The van der Waals surface area contributed by atoms with Crippen LogP contribution in [0.5, 0.6) is 0 Å². The summed E-state index contributed by atoms with van der Waals surface area (Å²) in [6, 6.07) is 7.04. The maximum absolute atomic E-state index is 12.9. The van der Waals surface area contributed by atoms with Crippen molar-refractivity contribution in [2.45, 2.75) is 26.9 Å². The van der Waals surface area contributed by atoms with Gasteiger partial charge in [0.2, 0.25) is 0 Å². The maximum atomic E-state index is 12.9. The van der Waals surface area contributed by atoms with Gasteiger partial charge in [-0.05, 0) is 51.1 Å². The molecule has 0 radical (unpaired) electrons. The number of amides is 1. The summed E-state index contributed by atoms with van der Waals surface area (Å²) >= 11 is 0. The summed E-state index contributed by atoms with van der Waals surface area (Å²) in [5, 5.41) is 6.58. The number of aryl methyl sites for hydroxylation is 2. The molecule has 2 aromatic heterocycles. The van der Waals surface area contributed by atoms with Crippen LogP contribution in [-0.2, 0) is 9.53 Å². The van der Waals surface area contributed by atoms with Crippen molar-refractivity contribution < 1.29 is 18.7 Å². The SMILES string of the molecule is Cc1cc(C)n2nc(C(=O)O[C@@H](C)C(=O)Nc3ccc(F)cc3)nc2n1. The molecule has 2 heterocycles. The fourth-order valence-corrected chi connectivity index (χ4v) is 2.30. The smallest absolute Gasteiger partial charge is 0.379 e. The largest absolute Gasteiger partial charge is 0.447 e. The molecule has 0 unspecified atom stereocenters. The van der Waals surface area contributed by atoms with E-state index < -0.39 is 23.8 Å². The maximum Gasteiger partial charge on any atom is 0.379 e. The second kappa shape index (κ2) is 6.87. The molecule has 8 nitrogen and oxygen atoms in total. The van der Waals surface area contributed by atoms with E-state index in [4.69, 9.17) is 4.74 Å². The molecule has 3 aromatic rings. The minimum absolute atomic E-state index is 0.187. The van der Waals surface area contributed by atoms with Crippen LogP contribution in [0.2, 0.25) is 0 Å². The second-order valence-corrected chi connectivity index (χ2v) is 5.73. The lowest BCUT2D eigenvalue weighted by atomic mass is 10.3. The van der Waals surface area contributed by atoms with Crippen molar-refractivity contribution in [3.63, 3.8) is 0 Å². The normalized spacial score (nSPS) is 12.0. The standard InChI is InChI=1S/C17H16FN5O3/c1-9-8-10(2)23-17(19-9)21-14(22-23)16(25)26-11(3)15(24)20-13-6-4-12(18)5-7-13/h4-8,11H,1-3H3,(H,20,24)/t11-/m0/s1. The Kier molecular flexibility index (Phi) is 4.61. The molecule has 134 valence electrons. The molecule has 0 bridgehead atoms.